The Morgan fingerprint density at radius 1 is 1.47 bits per heavy atom. The van der Waals surface area contributed by atoms with Crippen LogP contribution >= 0.6 is 11.8 Å². The summed E-state index contributed by atoms with van der Waals surface area (Å²) in [6, 6.07) is -0.318. The number of hydrogen-bond acceptors (Lipinski definition) is 3. The minimum atomic E-state index is -0.318. The molecule has 2 fully saturated rings. The minimum absolute atomic E-state index is 0.0434. The lowest BCUT2D eigenvalue weighted by Gasteiger charge is -2.22. The molecule has 0 aromatic carbocycles. The highest BCUT2D eigenvalue weighted by atomic mass is 32.2. The van der Waals surface area contributed by atoms with Gasteiger partial charge in [0.2, 0.25) is 5.91 Å². The normalized spacial score (nSPS) is 32.7. The predicted octanol–water partition coefficient (Wildman–Crippen LogP) is 1.62. The van der Waals surface area contributed by atoms with E-state index < -0.39 is 0 Å². The quantitative estimate of drug-likeness (QED) is 0.759. The van der Waals surface area contributed by atoms with Crippen LogP contribution in [-0.2, 0) is 4.79 Å². The molecule has 0 aromatic rings. The lowest BCUT2D eigenvalue weighted by molar-refractivity contribution is -0.122. The van der Waals surface area contributed by atoms with Crippen molar-refractivity contribution in [2.45, 2.75) is 38.1 Å². The maximum absolute atomic E-state index is 11.8. The summed E-state index contributed by atoms with van der Waals surface area (Å²) in [6.07, 6.45) is 8.35. The van der Waals surface area contributed by atoms with Crippen molar-refractivity contribution < 1.29 is 4.79 Å². The van der Waals surface area contributed by atoms with Crippen LogP contribution in [0.4, 0.5) is 0 Å². The number of carbonyl (C=O) groups excluding carboxylic acids is 1. The molecule has 2 aliphatic rings. The monoisotopic (exact) mass is 256 g/mol. The lowest BCUT2D eigenvalue weighted by Crippen LogP contribution is -2.43. The Kier molecular flexibility index (Phi) is 4.74. The van der Waals surface area contributed by atoms with Crippen LogP contribution < -0.4 is 11.1 Å². The molecule has 2 saturated carbocycles. The second-order valence-corrected chi connectivity index (χ2v) is 6.55. The first-order valence-electron chi connectivity index (χ1n) is 6.73. The molecule has 4 atom stereocenters. The molecule has 2 rings (SSSR count). The summed E-state index contributed by atoms with van der Waals surface area (Å²) in [5.74, 6) is 3.56. The van der Waals surface area contributed by atoms with Crippen molar-refractivity contribution in [3.63, 3.8) is 0 Å². The molecule has 0 heterocycles. The number of carbonyl (C=O) groups is 1. The minimum Gasteiger partial charge on any atom is -0.354 e. The highest BCUT2D eigenvalue weighted by Crippen LogP contribution is 2.47. The second kappa shape index (κ2) is 6.10. The third-order valence-electron chi connectivity index (χ3n) is 4.39. The average Bonchev–Trinajstić information content (AvgIpc) is 2.94. The van der Waals surface area contributed by atoms with E-state index in [1.165, 1.54) is 25.7 Å². The maximum Gasteiger partial charge on any atom is 0.236 e. The highest BCUT2D eigenvalue weighted by molar-refractivity contribution is 7.98. The van der Waals surface area contributed by atoms with Gasteiger partial charge in [-0.25, -0.2) is 0 Å². The maximum atomic E-state index is 11.8. The standard InChI is InChI=1S/C13H24N2OS/c1-17-5-4-12(14)13(16)15-8-11-7-9-2-3-10(11)6-9/h9-12H,2-8,14H2,1H3,(H,15,16)/t9?,10?,11?,12-/m1/s1. The molecular formula is C13H24N2OS. The Bertz CT molecular complexity index is 272. The van der Waals surface area contributed by atoms with Crippen LogP contribution in [0.25, 0.3) is 0 Å². The molecule has 3 N–H and O–H groups in total. The molecule has 2 bridgehead atoms. The number of nitrogens with one attached hydrogen (secondary N) is 1. The summed E-state index contributed by atoms with van der Waals surface area (Å²) in [6.45, 7) is 0.854. The fraction of sp³-hybridized carbons (Fsp3) is 0.923. The zero-order valence-electron chi connectivity index (χ0n) is 10.7. The zero-order chi connectivity index (χ0) is 12.3. The van der Waals surface area contributed by atoms with Crippen LogP contribution in [-0.4, -0.2) is 30.5 Å². The molecule has 0 saturated heterocycles. The van der Waals surface area contributed by atoms with Crippen molar-refractivity contribution in [1.29, 1.82) is 0 Å². The van der Waals surface area contributed by atoms with Crippen LogP contribution in [0.1, 0.15) is 32.1 Å². The predicted molar refractivity (Wildman–Crippen MR) is 72.9 cm³/mol. The molecule has 3 nitrogen and oxygen atoms in total. The van der Waals surface area contributed by atoms with Crippen molar-refractivity contribution in [2.24, 2.45) is 23.5 Å². The summed E-state index contributed by atoms with van der Waals surface area (Å²) >= 11 is 1.74. The number of hydrogen-bond donors (Lipinski definition) is 2. The Balaban J connectivity index is 1.66. The molecule has 0 radical (unpaired) electrons. The van der Waals surface area contributed by atoms with E-state index in [2.05, 4.69) is 5.32 Å². The van der Waals surface area contributed by atoms with Crippen LogP contribution in [0.15, 0.2) is 0 Å². The summed E-state index contributed by atoms with van der Waals surface area (Å²) < 4.78 is 0. The Morgan fingerprint density at radius 3 is 2.88 bits per heavy atom. The molecule has 98 valence electrons. The third-order valence-corrected chi connectivity index (χ3v) is 5.04. The van der Waals surface area contributed by atoms with E-state index in [-0.39, 0.29) is 11.9 Å². The molecule has 0 aromatic heterocycles. The van der Waals surface area contributed by atoms with Crippen LogP contribution in [0, 0.1) is 17.8 Å². The molecule has 3 unspecified atom stereocenters. The van der Waals surface area contributed by atoms with Crippen molar-refractivity contribution >= 4 is 17.7 Å². The lowest BCUT2D eigenvalue weighted by atomic mass is 9.89. The first kappa shape index (κ1) is 13.2. The van der Waals surface area contributed by atoms with Crippen LogP contribution in [0.3, 0.4) is 0 Å². The first-order valence-corrected chi connectivity index (χ1v) is 8.12. The average molecular weight is 256 g/mol. The van der Waals surface area contributed by atoms with E-state index in [1.54, 1.807) is 11.8 Å². The van der Waals surface area contributed by atoms with Gasteiger partial charge in [0.05, 0.1) is 6.04 Å². The van der Waals surface area contributed by atoms with E-state index in [0.717, 1.165) is 36.5 Å². The topological polar surface area (TPSA) is 55.1 Å². The van der Waals surface area contributed by atoms with Crippen molar-refractivity contribution in [1.82, 2.24) is 5.32 Å². The smallest absolute Gasteiger partial charge is 0.236 e. The van der Waals surface area contributed by atoms with Gasteiger partial charge in [-0.3, -0.25) is 4.79 Å². The summed E-state index contributed by atoms with van der Waals surface area (Å²) in [4.78, 5) is 11.8. The summed E-state index contributed by atoms with van der Waals surface area (Å²) in [5, 5.41) is 3.04. The van der Waals surface area contributed by atoms with Gasteiger partial charge in [-0.2, -0.15) is 11.8 Å². The van der Waals surface area contributed by atoms with Crippen molar-refractivity contribution in [2.75, 3.05) is 18.6 Å². The fourth-order valence-electron chi connectivity index (χ4n) is 3.37. The molecule has 4 heteroatoms. The Hall–Kier alpha value is -0.220. The summed E-state index contributed by atoms with van der Waals surface area (Å²) in [7, 11) is 0. The van der Waals surface area contributed by atoms with Gasteiger partial charge in [-0.1, -0.05) is 6.42 Å². The van der Waals surface area contributed by atoms with Crippen LogP contribution in [0.2, 0.25) is 0 Å². The Labute approximate surface area is 108 Å². The number of rotatable bonds is 6. The molecule has 0 aliphatic heterocycles. The van der Waals surface area contributed by atoms with Gasteiger partial charge >= 0.3 is 0 Å². The van der Waals surface area contributed by atoms with Gasteiger partial charge in [0.25, 0.3) is 0 Å². The van der Waals surface area contributed by atoms with Gasteiger partial charge < -0.3 is 11.1 Å². The largest absolute Gasteiger partial charge is 0.354 e. The van der Waals surface area contributed by atoms with Crippen molar-refractivity contribution in [3.8, 4) is 0 Å². The van der Waals surface area contributed by atoms with Gasteiger partial charge in [-0.05, 0) is 55.4 Å². The number of nitrogens with two attached hydrogens (primary N) is 1. The fourth-order valence-corrected chi connectivity index (χ4v) is 3.85. The van der Waals surface area contributed by atoms with Gasteiger partial charge in [0, 0.05) is 6.54 Å². The third kappa shape index (κ3) is 3.38. The molecule has 2 aliphatic carbocycles. The van der Waals surface area contributed by atoms with E-state index in [1.807, 2.05) is 6.26 Å². The number of amides is 1. The van der Waals surface area contributed by atoms with Crippen molar-refractivity contribution in [3.05, 3.63) is 0 Å². The van der Waals surface area contributed by atoms with E-state index in [0.29, 0.717) is 0 Å². The second-order valence-electron chi connectivity index (χ2n) is 5.57. The van der Waals surface area contributed by atoms with Crippen LogP contribution in [0.5, 0.6) is 0 Å². The Morgan fingerprint density at radius 2 is 2.29 bits per heavy atom. The summed E-state index contributed by atoms with van der Waals surface area (Å²) in [5.41, 5.74) is 5.84. The van der Waals surface area contributed by atoms with E-state index >= 15 is 0 Å². The zero-order valence-corrected chi connectivity index (χ0v) is 11.5. The first-order chi connectivity index (χ1) is 8.20. The molecular weight excluding hydrogens is 232 g/mol. The molecule has 1 amide bonds. The SMILES string of the molecule is CSCC[C@@H](N)C(=O)NCC1CC2CCC1C2. The highest BCUT2D eigenvalue weighted by Gasteiger charge is 2.39. The van der Waals surface area contributed by atoms with Gasteiger partial charge in [0.15, 0.2) is 0 Å². The van der Waals surface area contributed by atoms with Gasteiger partial charge in [0.1, 0.15) is 0 Å². The van der Waals surface area contributed by atoms with Gasteiger partial charge in [-0.15, -0.1) is 0 Å². The number of thioether (sulfide) groups is 1. The van der Waals surface area contributed by atoms with E-state index in [4.69, 9.17) is 5.73 Å². The molecule has 17 heavy (non-hydrogen) atoms. The number of fused-ring (bicyclic) bond motifs is 2. The van der Waals surface area contributed by atoms with E-state index in [9.17, 15) is 4.79 Å². The molecule has 0 spiro atoms.